The Morgan fingerprint density at radius 3 is 2.64 bits per heavy atom. The Morgan fingerprint density at radius 1 is 1.16 bits per heavy atom. The zero-order valence-corrected chi connectivity index (χ0v) is 15.0. The summed E-state index contributed by atoms with van der Waals surface area (Å²) >= 11 is 0. The summed E-state index contributed by atoms with van der Waals surface area (Å²) in [6.45, 7) is 3.77. The van der Waals surface area contributed by atoms with Gasteiger partial charge in [0, 0.05) is 25.2 Å². The molecule has 6 heteroatoms. The summed E-state index contributed by atoms with van der Waals surface area (Å²) in [6.07, 6.45) is 6.03. The van der Waals surface area contributed by atoms with Gasteiger partial charge in [-0.05, 0) is 43.9 Å². The van der Waals surface area contributed by atoms with Crippen LogP contribution in [-0.2, 0) is 9.59 Å². The molecule has 0 bridgehead atoms. The van der Waals surface area contributed by atoms with Crippen molar-refractivity contribution < 1.29 is 14.3 Å². The molecule has 1 aliphatic heterocycles. The van der Waals surface area contributed by atoms with Crippen LogP contribution in [0.5, 0.6) is 5.75 Å². The molecule has 2 amide bonds. The van der Waals surface area contributed by atoms with Gasteiger partial charge in [0.05, 0.1) is 12.8 Å². The minimum atomic E-state index is -0.650. The van der Waals surface area contributed by atoms with Crippen molar-refractivity contribution in [3.63, 3.8) is 0 Å². The molecule has 136 valence electrons. The lowest BCUT2D eigenvalue weighted by atomic mass is 10.2. The van der Waals surface area contributed by atoms with E-state index in [2.05, 4.69) is 15.5 Å². The molecular weight excluding hydrogens is 318 g/mol. The van der Waals surface area contributed by atoms with Crippen molar-refractivity contribution in [2.75, 3.05) is 25.5 Å². The lowest BCUT2D eigenvalue weighted by molar-refractivity contribution is -0.136. The number of amides is 2. The normalized spacial score (nSPS) is 21.3. The molecule has 0 spiro atoms. The molecule has 0 aromatic heterocycles. The summed E-state index contributed by atoms with van der Waals surface area (Å²) in [4.78, 5) is 26.9. The summed E-state index contributed by atoms with van der Waals surface area (Å²) in [5.41, 5.74) is 1.50. The van der Waals surface area contributed by atoms with Crippen LogP contribution in [0.25, 0.3) is 0 Å². The molecular formula is C19H27N3O3. The summed E-state index contributed by atoms with van der Waals surface area (Å²) in [5.74, 6) is -0.690. The van der Waals surface area contributed by atoms with Crippen molar-refractivity contribution >= 4 is 17.5 Å². The molecule has 1 saturated heterocycles. The molecule has 2 aliphatic rings. The molecule has 1 saturated carbocycles. The number of anilines is 1. The molecule has 1 aliphatic carbocycles. The summed E-state index contributed by atoms with van der Waals surface area (Å²) in [5, 5.41) is 5.52. The number of rotatable bonds is 4. The molecule has 1 aromatic rings. The standard InChI is InChI=1S/C19H27N3O3/c1-13-7-8-17(25-2)16(11-13)21-19(24)18(23)20-14-9-10-22(12-14)15-5-3-4-6-15/h7-8,11,14-15H,3-6,9-10,12H2,1-2H3,(H,20,23)(H,21,24). The maximum absolute atomic E-state index is 12.2. The second-order valence-electron chi connectivity index (χ2n) is 7.05. The molecule has 0 radical (unpaired) electrons. The Hall–Kier alpha value is -2.08. The van der Waals surface area contributed by atoms with Crippen molar-refractivity contribution in [3.8, 4) is 5.75 Å². The molecule has 3 rings (SSSR count). The molecule has 1 atom stereocenters. The second kappa shape index (κ2) is 7.87. The van der Waals surface area contributed by atoms with Crippen LogP contribution in [0.4, 0.5) is 5.69 Å². The first kappa shape index (κ1) is 17.7. The van der Waals surface area contributed by atoms with Crippen LogP contribution in [-0.4, -0.2) is 49.0 Å². The number of aryl methyl sites for hydroxylation is 1. The SMILES string of the molecule is COc1ccc(C)cc1NC(=O)C(=O)NC1CCN(C2CCCC2)C1. The number of hydrogen-bond acceptors (Lipinski definition) is 4. The summed E-state index contributed by atoms with van der Waals surface area (Å²) in [7, 11) is 1.54. The smallest absolute Gasteiger partial charge is 0.313 e. The van der Waals surface area contributed by atoms with Gasteiger partial charge in [-0.3, -0.25) is 14.5 Å². The highest BCUT2D eigenvalue weighted by Gasteiger charge is 2.31. The number of likely N-dealkylation sites (tertiary alicyclic amines) is 1. The fourth-order valence-corrected chi connectivity index (χ4v) is 3.86. The van der Waals surface area contributed by atoms with Crippen molar-refractivity contribution in [3.05, 3.63) is 23.8 Å². The van der Waals surface area contributed by atoms with E-state index in [0.29, 0.717) is 17.5 Å². The molecule has 2 N–H and O–H groups in total. The summed E-state index contributed by atoms with van der Waals surface area (Å²) in [6, 6.07) is 6.18. The minimum absolute atomic E-state index is 0.0539. The van der Waals surface area contributed by atoms with E-state index in [0.717, 1.165) is 25.1 Å². The van der Waals surface area contributed by atoms with Crippen LogP contribution in [0.1, 0.15) is 37.7 Å². The lowest BCUT2D eigenvalue weighted by Crippen LogP contribution is -2.44. The van der Waals surface area contributed by atoms with Gasteiger partial charge in [0.25, 0.3) is 0 Å². The average Bonchev–Trinajstić information content (AvgIpc) is 3.26. The van der Waals surface area contributed by atoms with Gasteiger partial charge in [0.15, 0.2) is 0 Å². The van der Waals surface area contributed by atoms with Crippen LogP contribution >= 0.6 is 0 Å². The van der Waals surface area contributed by atoms with E-state index in [9.17, 15) is 9.59 Å². The number of ether oxygens (including phenoxy) is 1. The largest absolute Gasteiger partial charge is 0.495 e. The molecule has 1 aromatic carbocycles. The molecule has 6 nitrogen and oxygen atoms in total. The lowest BCUT2D eigenvalue weighted by Gasteiger charge is -2.23. The second-order valence-corrected chi connectivity index (χ2v) is 7.05. The Kier molecular flexibility index (Phi) is 5.58. The highest BCUT2D eigenvalue weighted by atomic mass is 16.5. The predicted molar refractivity (Wildman–Crippen MR) is 96.7 cm³/mol. The van der Waals surface area contributed by atoms with Crippen LogP contribution in [0.15, 0.2) is 18.2 Å². The van der Waals surface area contributed by atoms with Crippen molar-refractivity contribution in [2.24, 2.45) is 0 Å². The average molecular weight is 345 g/mol. The monoisotopic (exact) mass is 345 g/mol. The van der Waals surface area contributed by atoms with Crippen LogP contribution in [0, 0.1) is 6.92 Å². The van der Waals surface area contributed by atoms with Crippen LogP contribution in [0.3, 0.4) is 0 Å². The van der Waals surface area contributed by atoms with Gasteiger partial charge in [-0.1, -0.05) is 18.9 Å². The molecule has 2 fully saturated rings. The third kappa shape index (κ3) is 4.31. The number of nitrogens with zero attached hydrogens (tertiary/aromatic N) is 1. The number of methoxy groups -OCH3 is 1. The zero-order chi connectivity index (χ0) is 17.8. The Bertz CT molecular complexity index is 641. The van der Waals surface area contributed by atoms with E-state index < -0.39 is 11.8 Å². The fraction of sp³-hybridized carbons (Fsp3) is 0.579. The third-order valence-electron chi connectivity index (χ3n) is 5.21. The van der Waals surface area contributed by atoms with Gasteiger partial charge in [-0.25, -0.2) is 0 Å². The van der Waals surface area contributed by atoms with Crippen molar-refractivity contribution in [1.82, 2.24) is 10.2 Å². The maximum atomic E-state index is 12.2. The topological polar surface area (TPSA) is 70.7 Å². The number of benzene rings is 1. The Labute approximate surface area is 148 Å². The first-order valence-corrected chi connectivity index (χ1v) is 9.07. The van der Waals surface area contributed by atoms with E-state index in [-0.39, 0.29) is 6.04 Å². The van der Waals surface area contributed by atoms with E-state index >= 15 is 0 Å². The molecule has 1 unspecified atom stereocenters. The van der Waals surface area contributed by atoms with Gasteiger partial charge in [0.1, 0.15) is 5.75 Å². The first-order valence-electron chi connectivity index (χ1n) is 9.07. The Balaban J connectivity index is 1.53. The van der Waals surface area contributed by atoms with Crippen LogP contribution in [0.2, 0.25) is 0 Å². The highest BCUT2D eigenvalue weighted by Crippen LogP contribution is 2.27. The summed E-state index contributed by atoms with van der Waals surface area (Å²) < 4.78 is 5.23. The van der Waals surface area contributed by atoms with Gasteiger partial charge in [-0.2, -0.15) is 0 Å². The quantitative estimate of drug-likeness (QED) is 0.820. The van der Waals surface area contributed by atoms with E-state index in [1.807, 2.05) is 13.0 Å². The van der Waals surface area contributed by atoms with Crippen molar-refractivity contribution in [1.29, 1.82) is 0 Å². The number of carbonyl (C=O) groups is 2. The Morgan fingerprint density at radius 2 is 1.92 bits per heavy atom. The predicted octanol–water partition coefficient (Wildman–Crippen LogP) is 2.08. The van der Waals surface area contributed by atoms with Gasteiger partial charge >= 0.3 is 11.8 Å². The highest BCUT2D eigenvalue weighted by molar-refractivity contribution is 6.39. The number of carbonyl (C=O) groups excluding carboxylic acids is 2. The van der Waals surface area contributed by atoms with E-state index in [1.165, 1.54) is 32.8 Å². The van der Waals surface area contributed by atoms with Gasteiger partial charge < -0.3 is 15.4 Å². The number of hydrogen-bond donors (Lipinski definition) is 2. The fourth-order valence-electron chi connectivity index (χ4n) is 3.86. The molecule has 1 heterocycles. The molecule has 25 heavy (non-hydrogen) atoms. The first-order chi connectivity index (χ1) is 12.1. The van der Waals surface area contributed by atoms with Crippen LogP contribution < -0.4 is 15.4 Å². The van der Waals surface area contributed by atoms with E-state index in [4.69, 9.17) is 4.74 Å². The van der Waals surface area contributed by atoms with E-state index in [1.54, 1.807) is 12.1 Å². The zero-order valence-electron chi connectivity index (χ0n) is 15.0. The number of nitrogens with one attached hydrogen (secondary N) is 2. The minimum Gasteiger partial charge on any atom is -0.495 e. The third-order valence-corrected chi connectivity index (χ3v) is 5.21. The van der Waals surface area contributed by atoms with Gasteiger partial charge in [-0.15, -0.1) is 0 Å². The van der Waals surface area contributed by atoms with Crippen molar-refractivity contribution in [2.45, 2.75) is 51.1 Å². The maximum Gasteiger partial charge on any atom is 0.313 e. The van der Waals surface area contributed by atoms with Gasteiger partial charge in [0.2, 0.25) is 0 Å².